The number of thiazole rings is 1. The highest BCUT2D eigenvalue weighted by atomic mass is 32.1. The minimum Gasteiger partial charge on any atom is -0.393 e. The summed E-state index contributed by atoms with van der Waals surface area (Å²) in [7, 11) is 2.07. The van der Waals surface area contributed by atoms with Crippen molar-refractivity contribution >= 4 is 33.5 Å². The topological polar surface area (TPSA) is 111 Å². The van der Waals surface area contributed by atoms with E-state index in [4.69, 9.17) is 9.97 Å². The van der Waals surface area contributed by atoms with E-state index >= 15 is 0 Å². The van der Waals surface area contributed by atoms with E-state index in [1.54, 1.807) is 0 Å². The van der Waals surface area contributed by atoms with Crippen molar-refractivity contribution in [2.45, 2.75) is 83.9 Å². The average Bonchev–Trinajstić information content (AvgIpc) is 3.63. The van der Waals surface area contributed by atoms with Crippen molar-refractivity contribution in [2.75, 3.05) is 39.8 Å². The van der Waals surface area contributed by atoms with Gasteiger partial charge in [-0.1, -0.05) is 44.2 Å². The number of piperidine rings is 1. The molecule has 4 heterocycles. The minimum absolute atomic E-state index is 0.0813. The lowest BCUT2D eigenvalue weighted by Crippen LogP contribution is -2.38. The summed E-state index contributed by atoms with van der Waals surface area (Å²) in [5.41, 5.74) is 4.94. The molecule has 1 aliphatic carbocycles. The maximum atomic E-state index is 13.8. The number of aromatic nitrogens is 2. The summed E-state index contributed by atoms with van der Waals surface area (Å²) in [6.07, 6.45) is 6.03. The number of rotatable bonds is 8. The summed E-state index contributed by atoms with van der Waals surface area (Å²) < 4.78 is 0. The molecule has 10 heteroatoms. The van der Waals surface area contributed by atoms with Crippen molar-refractivity contribution < 1.29 is 14.7 Å². The predicted octanol–water partition coefficient (Wildman–Crippen LogP) is 4.59. The minimum atomic E-state index is -0.296. The first-order chi connectivity index (χ1) is 21.5. The van der Waals surface area contributed by atoms with Crippen molar-refractivity contribution in [1.82, 2.24) is 30.4 Å². The predicted molar refractivity (Wildman–Crippen MR) is 179 cm³/mol. The molecule has 0 bridgehead atoms. The van der Waals surface area contributed by atoms with E-state index in [1.807, 2.05) is 24.3 Å². The molecule has 3 N–H and O–H groups in total. The number of amides is 2. The molecule has 2 fully saturated rings. The van der Waals surface area contributed by atoms with Crippen molar-refractivity contribution in [1.29, 1.82) is 0 Å². The molecule has 3 aliphatic rings. The molecule has 0 radical (unpaired) electrons. The number of aliphatic hydroxyl groups is 1. The van der Waals surface area contributed by atoms with E-state index in [1.165, 1.54) is 16.9 Å². The van der Waals surface area contributed by atoms with Gasteiger partial charge in [0.25, 0.3) is 11.8 Å². The number of likely N-dealkylation sites (N-methyl/N-ethyl adjacent to an activating group) is 1. The quantitative estimate of drug-likeness (QED) is 0.333. The molecule has 2 saturated heterocycles. The Labute approximate surface area is 270 Å². The summed E-state index contributed by atoms with van der Waals surface area (Å²) in [6.45, 7) is 11.2. The van der Waals surface area contributed by atoms with Gasteiger partial charge in [-0.2, -0.15) is 0 Å². The SMILES string of the molecule is CN1CC[C@@H](NC(=O)c2cccc([C@@H](CCN3CCC(O)CC3)NC(=O)c3nc4cc5c(nc4s3)CC[C@H](C(C)(C)C)C5)c2)C1. The van der Waals surface area contributed by atoms with Gasteiger partial charge in [-0.25, -0.2) is 9.97 Å². The zero-order chi connectivity index (χ0) is 31.7. The first-order valence-electron chi connectivity index (χ1n) is 16.6. The third kappa shape index (κ3) is 7.73. The fraction of sp³-hybridized carbons (Fsp3) is 0.600. The molecule has 2 amide bonds. The van der Waals surface area contributed by atoms with E-state index in [0.29, 0.717) is 22.9 Å². The lowest BCUT2D eigenvalue weighted by atomic mass is 9.71. The number of nitrogens with zero attached hydrogens (tertiary/aromatic N) is 4. The number of pyridine rings is 1. The van der Waals surface area contributed by atoms with Crippen LogP contribution in [0.5, 0.6) is 0 Å². The fourth-order valence-electron chi connectivity index (χ4n) is 7.06. The number of benzene rings is 1. The number of aryl methyl sites for hydroxylation is 1. The Morgan fingerprint density at radius 2 is 1.87 bits per heavy atom. The van der Waals surface area contributed by atoms with Gasteiger partial charge in [-0.3, -0.25) is 9.59 Å². The van der Waals surface area contributed by atoms with E-state index in [0.717, 1.165) is 92.9 Å². The number of carbonyl (C=O) groups excluding carboxylic acids is 2. The lowest BCUT2D eigenvalue weighted by molar-refractivity contribution is 0.0795. The van der Waals surface area contributed by atoms with Crippen LogP contribution in [0.4, 0.5) is 0 Å². The number of nitrogens with one attached hydrogen (secondary N) is 2. The standard InChI is InChI=1S/C35H48N6O3S/c1-35(2,3)25-8-9-28-24(19-25)20-30-33(38-28)45-34(39-30)32(44)37-29(13-17-41-15-11-27(42)12-16-41)22-6-5-7-23(18-22)31(43)36-26-10-14-40(4)21-26/h5-7,18,20,25-27,29,42H,8-17,19,21H2,1-4H3,(H,36,43)(H,37,44)/t25-,26+,29+/m0/s1. The highest BCUT2D eigenvalue weighted by Crippen LogP contribution is 2.38. The Balaban J connectivity index is 1.20. The van der Waals surface area contributed by atoms with E-state index in [9.17, 15) is 14.7 Å². The molecule has 6 rings (SSSR count). The molecule has 0 spiro atoms. The highest BCUT2D eigenvalue weighted by Gasteiger charge is 2.30. The smallest absolute Gasteiger partial charge is 0.280 e. The number of aliphatic hydroxyl groups excluding tert-OH is 1. The molecule has 3 atom stereocenters. The van der Waals surface area contributed by atoms with Gasteiger partial charge in [0.2, 0.25) is 0 Å². The van der Waals surface area contributed by atoms with Crippen LogP contribution in [0.2, 0.25) is 0 Å². The van der Waals surface area contributed by atoms with Gasteiger partial charge in [0.1, 0.15) is 10.3 Å². The molecule has 45 heavy (non-hydrogen) atoms. The molecular weight excluding hydrogens is 584 g/mol. The molecule has 2 aromatic heterocycles. The second kappa shape index (κ2) is 13.4. The van der Waals surface area contributed by atoms with Gasteiger partial charge in [-0.15, -0.1) is 0 Å². The van der Waals surface area contributed by atoms with Gasteiger partial charge in [-0.05, 0) is 99.2 Å². The molecule has 2 aliphatic heterocycles. The Morgan fingerprint density at radius 1 is 1.07 bits per heavy atom. The van der Waals surface area contributed by atoms with Crippen LogP contribution in [0.15, 0.2) is 30.3 Å². The molecule has 9 nitrogen and oxygen atoms in total. The molecule has 242 valence electrons. The lowest BCUT2D eigenvalue weighted by Gasteiger charge is -2.34. The Hall–Kier alpha value is -2.92. The summed E-state index contributed by atoms with van der Waals surface area (Å²) in [6, 6.07) is 9.65. The third-order valence-corrected chi connectivity index (χ3v) is 11.0. The number of fused-ring (bicyclic) bond motifs is 2. The molecular formula is C35H48N6O3S. The van der Waals surface area contributed by atoms with Gasteiger partial charge in [0, 0.05) is 43.5 Å². The van der Waals surface area contributed by atoms with Crippen molar-refractivity contribution in [2.24, 2.45) is 11.3 Å². The van der Waals surface area contributed by atoms with E-state index in [2.05, 4.69) is 54.3 Å². The van der Waals surface area contributed by atoms with Gasteiger partial charge in [0.15, 0.2) is 5.01 Å². The van der Waals surface area contributed by atoms with Crippen LogP contribution >= 0.6 is 11.3 Å². The Morgan fingerprint density at radius 3 is 2.60 bits per heavy atom. The maximum absolute atomic E-state index is 13.8. The van der Waals surface area contributed by atoms with Crippen LogP contribution in [0, 0.1) is 11.3 Å². The third-order valence-electron chi connectivity index (χ3n) is 10.0. The Bertz CT molecular complexity index is 1530. The van der Waals surface area contributed by atoms with Gasteiger partial charge >= 0.3 is 0 Å². The van der Waals surface area contributed by atoms with Gasteiger partial charge in [0.05, 0.1) is 12.1 Å². The first kappa shape index (κ1) is 32.0. The average molecular weight is 633 g/mol. The van der Waals surface area contributed by atoms with E-state index < -0.39 is 0 Å². The second-order valence-electron chi connectivity index (χ2n) is 14.5. The molecule has 1 aromatic carbocycles. The zero-order valence-electron chi connectivity index (χ0n) is 27.1. The van der Waals surface area contributed by atoms with Crippen molar-refractivity contribution in [3.8, 4) is 0 Å². The van der Waals surface area contributed by atoms with Crippen LogP contribution in [0.25, 0.3) is 10.3 Å². The second-order valence-corrected chi connectivity index (χ2v) is 15.5. The Kier molecular flexibility index (Phi) is 9.57. The van der Waals surface area contributed by atoms with Crippen LogP contribution in [-0.4, -0.2) is 88.6 Å². The van der Waals surface area contributed by atoms with Crippen molar-refractivity contribution in [3.05, 3.63) is 57.7 Å². The fourth-order valence-corrected chi connectivity index (χ4v) is 7.91. The maximum Gasteiger partial charge on any atom is 0.280 e. The number of hydrogen-bond acceptors (Lipinski definition) is 8. The number of likely N-dealkylation sites (tertiary alicyclic amines) is 2. The highest BCUT2D eigenvalue weighted by molar-refractivity contribution is 7.19. The first-order valence-corrected chi connectivity index (χ1v) is 17.4. The molecule has 3 aromatic rings. The van der Waals surface area contributed by atoms with Crippen LogP contribution in [0.3, 0.4) is 0 Å². The number of hydrogen-bond donors (Lipinski definition) is 3. The van der Waals surface area contributed by atoms with Crippen LogP contribution in [-0.2, 0) is 12.8 Å². The van der Waals surface area contributed by atoms with Crippen molar-refractivity contribution in [3.63, 3.8) is 0 Å². The van der Waals surface area contributed by atoms with Crippen LogP contribution < -0.4 is 10.6 Å². The van der Waals surface area contributed by atoms with Gasteiger partial charge < -0.3 is 25.5 Å². The summed E-state index contributed by atoms with van der Waals surface area (Å²) in [5.74, 6) is 0.306. The summed E-state index contributed by atoms with van der Waals surface area (Å²) in [4.78, 5) is 42.0. The summed E-state index contributed by atoms with van der Waals surface area (Å²) in [5, 5.41) is 16.8. The number of carbonyl (C=O) groups is 2. The zero-order valence-corrected chi connectivity index (χ0v) is 28.0. The van der Waals surface area contributed by atoms with E-state index in [-0.39, 0.29) is 35.4 Å². The normalized spacial score (nSPS) is 22.3. The molecule has 0 unspecified atom stereocenters. The monoisotopic (exact) mass is 632 g/mol. The molecule has 0 saturated carbocycles. The summed E-state index contributed by atoms with van der Waals surface area (Å²) >= 11 is 1.35. The van der Waals surface area contributed by atoms with Crippen LogP contribution in [0.1, 0.15) is 95.9 Å². The largest absolute Gasteiger partial charge is 0.393 e.